The minimum absolute atomic E-state index is 0.161. The van der Waals surface area contributed by atoms with E-state index < -0.39 is 0 Å². The number of ether oxygens (including phenoxy) is 1. The molecule has 0 aliphatic carbocycles. The summed E-state index contributed by atoms with van der Waals surface area (Å²) in [6.07, 6.45) is 3.30. The summed E-state index contributed by atoms with van der Waals surface area (Å²) in [6, 6.07) is 8.05. The molecule has 1 aliphatic rings. The maximum Gasteiger partial charge on any atom is 0.136 e. The molecule has 1 aromatic carbocycles. The first-order chi connectivity index (χ1) is 9.28. The van der Waals surface area contributed by atoms with Crippen LogP contribution < -0.4 is 9.64 Å². The lowest BCUT2D eigenvalue weighted by Crippen LogP contribution is -2.36. The summed E-state index contributed by atoms with van der Waals surface area (Å²) in [6.45, 7) is 1.72. The fraction of sp³-hybridized carbons (Fsp3) is 0.400. The van der Waals surface area contributed by atoms with Crippen molar-refractivity contribution in [3.63, 3.8) is 0 Å². The van der Waals surface area contributed by atoms with Gasteiger partial charge in [-0.25, -0.2) is 4.98 Å². The summed E-state index contributed by atoms with van der Waals surface area (Å²) >= 11 is 0. The van der Waals surface area contributed by atoms with Crippen LogP contribution in [0.2, 0.25) is 0 Å². The topological polar surface area (TPSA) is 45.6 Å². The van der Waals surface area contributed by atoms with Crippen molar-refractivity contribution in [2.45, 2.75) is 18.9 Å². The predicted molar refractivity (Wildman–Crippen MR) is 75.7 cm³/mol. The Morgan fingerprint density at radius 2 is 2.05 bits per heavy atom. The van der Waals surface area contributed by atoms with Gasteiger partial charge in [0, 0.05) is 24.7 Å². The average Bonchev–Trinajstić information content (AvgIpc) is 2.47. The van der Waals surface area contributed by atoms with E-state index in [1.54, 1.807) is 7.11 Å². The van der Waals surface area contributed by atoms with E-state index in [9.17, 15) is 5.11 Å². The molecule has 100 valence electrons. The molecule has 4 nitrogen and oxygen atoms in total. The van der Waals surface area contributed by atoms with E-state index in [2.05, 4.69) is 16.0 Å². The third-order valence-electron chi connectivity index (χ3n) is 3.71. The van der Waals surface area contributed by atoms with Crippen LogP contribution in [0.1, 0.15) is 12.8 Å². The minimum atomic E-state index is -0.161. The molecule has 1 aliphatic heterocycles. The Hall–Kier alpha value is -1.81. The fourth-order valence-corrected chi connectivity index (χ4v) is 2.60. The Morgan fingerprint density at radius 3 is 2.79 bits per heavy atom. The van der Waals surface area contributed by atoms with Crippen LogP contribution in [-0.4, -0.2) is 36.4 Å². The number of anilines is 1. The number of fused-ring (bicyclic) bond motifs is 1. The van der Waals surface area contributed by atoms with Gasteiger partial charge in [0.05, 0.1) is 13.2 Å². The molecule has 0 amide bonds. The van der Waals surface area contributed by atoms with Crippen molar-refractivity contribution < 1.29 is 9.84 Å². The molecular weight excluding hydrogens is 240 g/mol. The van der Waals surface area contributed by atoms with Crippen molar-refractivity contribution in [2.75, 3.05) is 25.1 Å². The van der Waals surface area contributed by atoms with Gasteiger partial charge in [-0.2, -0.15) is 0 Å². The Morgan fingerprint density at radius 1 is 1.26 bits per heavy atom. The lowest BCUT2D eigenvalue weighted by Gasteiger charge is -2.31. The highest BCUT2D eigenvalue weighted by atomic mass is 16.5. The molecule has 0 unspecified atom stereocenters. The first-order valence-corrected chi connectivity index (χ1v) is 6.63. The number of aliphatic hydroxyl groups excluding tert-OH is 1. The molecule has 3 rings (SSSR count). The third kappa shape index (κ3) is 2.36. The highest BCUT2D eigenvalue weighted by Gasteiger charge is 2.19. The van der Waals surface area contributed by atoms with E-state index in [-0.39, 0.29) is 6.10 Å². The monoisotopic (exact) mass is 258 g/mol. The van der Waals surface area contributed by atoms with Crippen molar-refractivity contribution in [1.29, 1.82) is 0 Å². The van der Waals surface area contributed by atoms with Gasteiger partial charge < -0.3 is 14.7 Å². The van der Waals surface area contributed by atoms with Gasteiger partial charge in [-0.1, -0.05) is 0 Å². The van der Waals surface area contributed by atoms with Gasteiger partial charge in [-0.05, 0) is 42.5 Å². The maximum atomic E-state index is 9.59. The van der Waals surface area contributed by atoms with Crippen LogP contribution in [0.5, 0.6) is 5.75 Å². The lowest BCUT2D eigenvalue weighted by molar-refractivity contribution is 0.145. The van der Waals surface area contributed by atoms with Gasteiger partial charge in [-0.3, -0.25) is 0 Å². The zero-order chi connectivity index (χ0) is 13.2. The molecule has 19 heavy (non-hydrogen) atoms. The molecular formula is C15H18N2O2. The van der Waals surface area contributed by atoms with Gasteiger partial charge >= 0.3 is 0 Å². The zero-order valence-electron chi connectivity index (χ0n) is 11.0. The molecule has 0 saturated carbocycles. The molecule has 0 radical (unpaired) electrons. The smallest absolute Gasteiger partial charge is 0.136 e. The van der Waals surface area contributed by atoms with Crippen LogP contribution in [0.3, 0.4) is 0 Å². The number of aliphatic hydroxyl groups is 1. The van der Waals surface area contributed by atoms with E-state index in [0.29, 0.717) is 0 Å². The molecule has 2 heterocycles. The Labute approximate surface area is 112 Å². The van der Waals surface area contributed by atoms with Crippen LogP contribution in [0.4, 0.5) is 5.82 Å². The highest BCUT2D eigenvalue weighted by molar-refractivity contribution is 5.93. The molecule has 0 spiro atoms. The molecule has 2 aromatic rings. The normalized spacial score (nSPS) is 16.8. The van der Waals surface area contributed by atoms with Crippen molar-refractivity contribution in [1.82, 2.24) is 4.98 Å². The number of methoxy groups -OCH3 is 1. The zero-order valence-corrected chi connectivity index (χ0v) is 11.0. The van der Waals surface area contributed by atoms with Crippen LogP contribution in [0.15, 0.2) is 30.5 Å². The van der Waals surface area contributed by atoms with Crippen LogP contribution in [-0.2, 0) is 0 Å². The van der Waals surface area contributed by atoms with Gasteiger partial charge in [0.15, 0.2) is 0 Å². The molecule has 0 bridgehead atoms. The van der Waals surface area contributed by atoms with E-state index in [1.807, 2.05) is 24.4 Å². The van der Waals surface area contributed by atoms with E-state index >= 15 is 0 Å². The standard InChI is InChI=1S/C15H18N2O2/c1-19-13-2-3-14-11(10-13)4-7-16-15(14)17-8-5-12(18)6-9-17/h2-4,7,10,12,18H,5-6,8-9H2,1H3. The maximum absolute atomic E-state index is 9.59. The summed E-state index contributed by atoms with van der Waals surface area (Å²) in [7, 11) is 1.68. The number of nitrogens with zero attached hydrogens (tertiary/aromatic N) is 2. The third-order valence-corrected chi connectivity index (χ3v) is 3.71. The largest absolute Gasteiger partial charge is 0.497 e. The first-order valence-electron chi connectivity index (χ1n) is 6.63. The van der Waals surface area contributed by atoms with Crippen molar-refractivity contribution >= 4 is 16.6 Å². The Bertz CT molecular complexity index is 577. The molecule has 1 fully saturated rings. The highest BCUT2D eigenvalue weighted by Crippen LogP contribution is 2.29. The van der Waals surface area contributed by atoms with Crippen LogP contribution in [0.25, 0.3) is 10.8 Å². The molecule has 0 atom stereocenters. The van der Waals surface area contributed by atoms with E-state index in [1.165, 1.54) is 0 Å². The van der Waals surface area contributed by atoms with Gasteiger partial charge in [0.1, 0.15) is 11.6 Å². The number of rotatable bonds is 2. The van der Waals surface area contributed by atoms with Crippen LogP contribution >= 0.6 is 0 Å². The number of aromatic nitrogens is 1. The molecule has 1 aromatic heterocycles. The van der Waals surface area contributed by atoms with E-state index in [0.717, 1.165) is 48.3 Å². The van der Waals surface area contributed by atoms with Gasteiger partial charge in [0.25, 0.3) is 0 Å². The van der Waals surface area contributed by atoms with Gasteiger partial charge in [-0.15, -0.1) is 0 Å². The summed E-state index contributed by atoms with van der Waals surface area (Å²) in [5.41, 5.74) is 0. The number of benzene rings is 1. The molecule has 1 saturated heterocycles. The van der Waals surface area contributed by atoms with Crippen LogP contribution in [0, 0.1) is 0 Å². The number of hydrogen-bond acceptors (Lipinski definition) is 4. The predicted octanol–water partition coefficient (Wildman–Crippen LogP) is 2.20. The number of pyridine rings is 1. The average molecular weight is 258 g/mol. The molecule has 1 N–H and O–H groups in total. The summed E-state index contributed by atoms with van der Waals surface area (Å²) in [4.78, 5) is 6.77. The SMILES string of the molecule is COc1ccc2c(N3CCC(O)CC3)nccc2c1. The first kappa shape index (κ1) is 12.2. The van der Waals surface area contributed by atoms with Crippen molar-refractivity contribution in [3.05, 3.63) is 30.5 Å². The number of piperidine rings is 1. The number of hydrogen-bond donors (Lipinski definition) is 1. The second-order valence-electron chi connectivity index (χ2n) is 4.94. The summed E-state index contributed by atoms with van der Waals surface area (Å²) in [5, 5.41) is 11.9. The van der Waals surface area contributed by atoms with Crippen molar-refractivity contribution in [3.8, 4) is 5.75 Å². The van der Waals surface area contributed by atoms with Crippen molar-refractivity contribution in [2.24, 2.45) is 0 Å². The van der Waals surface area contributed by atoms with E-state index in [4.69, 9.17) is 4.74 Å². The lowest BCUT2D eigenvalue weighted by atomic mass is 10.1. The fourth-order valence-electron chi connectivity index (χ4n) is 2.60. The summed E-state index contributed by atoms with van der Waals surface area (Å²) in [5.74, 6) is 1.87. The second kappa shape index (κ2) is 5.05. The quantitative estimate of drug-likeness (QED) is 0.897. The minimum Gasteiger partial charge on any atom is -0.497 e. The Kier molecular flexibility index (Phi) is 3.25. The second-order valence-corrected chi connectivity index (χ2v) is 4.94. The molecule has 4 heteroatoms. The van der Waals surface area contributed by atoms with Gasteiger partial charge in [0.2, 0.25) is 0 Å². The summed E-state index contributed by atoms with van der Waals surface area (Å²) < 4.78 is 5.25. The Balaban J connectivity index is 1.99.